The fraction of sp³-hybridized carbons (Fsp3) is 0.208. The van der Waals surface area contributed by atoms with Crippen molar-refractivity contribution in [3.05, 3.63) is 88.2 Å². The number of benzene rings is 2. The summed E-state index contributed by atoms with van der Waals surface area (Å²) in [5.74, 6) is -0.116. The Morgan fingerprint density at radius 2 is 1.56 bits per heavy atom. The van der Waals surface area contributed by atoms with E-state index >= 15 is 0 Å². The van der Waals surface area contributed by atoms with Gasteiger partial charge in [-0.3, -0.25) is 4.79 Å². The van der Waals surface area contributed by atoms with Crippen molar-refractivity contribution in [1.29, 1.82) is 0 Å². The van der Waals surface area contributed by atoms with E-state index in [4.69, 9.17) is 0 Å². The van der Waals surface area contributed by atoms with Crippen molar-refractivity contribution in [3.8, 4) is 5.69 Å². The molecule has 27 heavy (non-hydrogen) atoms. The van der Waals surface area contributed by atoms with Gasteiger partial charge in [-0.1, -0.05) is 35.9 Å². The first kappa shape index (κ1) is 18.7. The van der Waals surface area contributed by atoms with Crippen LogP contribution < -0.4 is 5.32 Å². The topological polar surface area (TPSA) is 34.0 Å². The molecule has 3 aromatic rings. The van der Waals surface area contributed by atoms with Crippen LogP contribution in [0.2, 0.25) is 0 Å². The number of amides is 1. The summed E-state index contributed by atoms with van der Waals surface area (Å²) in [6.07, 6.45) is 3.49. The third kappa shape index (κ3) is 4.03. The predicted molar refractivity (Wildman–Crippen MR) is 114 cm³/mol. The van der Waals surface area contributed by atoms with Crippen molar-refractivity contribution in [3.63, 3.8) is 0 Å². The standard InChI is InChI=1S/C24H26N2O/c1-16-13-17(2)24(18(3)14-16)25-23(27)12-11-21-15-19(4)26(20(21)5)22-9-7-6-8-10-22/h6-15H,1-5H3,(H,25,27)/b12-11+. The number of nitrogens with one attached hydrogen (secondary N) is 1. The number of carbonyl (C=O) groups excluding carboxylic acids is 1. The van der Waals surface area contributed by atoms with E-state index in [9.17, 15) is 4.79 Å². The second-order valence-electron chi connectivity index (χ2n) is 7.09. The molecular formula is C24H26N2O. The van der Waals surface area contributed by atoms with Crippen molar-refractivity contribution in [2.24, 2.45) is 0 Å². The Bertz CT molecular complexity index is 987. The largest absolute Gasteiger partial charge is 0.322 e. The van der Waals surface area contributed by atoms with Crippen LogP contribution in [-0.2, 0) is 4.79 Å². The van der Waals surface area contributed by atoms with Crippen molar-refractivity contribution in [2.75, 3.05) is 5.32 Å². The maximum atomic E-state index is 12.4. The molecule has 1 heterocycles. The molecule has 1 N–H and O–H groups in total. The summed E-state index contributed by atoms with van der Waals surface area (Å²) in [5, 5.41) is 3.02. The number of hydrogen-bond donors (Lipinski definition) is 1. The number of aryl methyl sites for hydroxylation is 4. The zero-order chi connectivity index (χ0) is 19.6. The van der Waals surface area contributed by atoms with E-state index in [-0.39, 0.29) is 5.91 Å². The first-order valence-corrected chi connectivity index (χ1v) is 9.18. The lowest BCUT2D eigenvalue weighted by molar-refractivity contribution is -0.111. The fourth-order valence-corrected chi connectivity index (χ4v) is 3.64. The molecule has 0 aliphatic carbocycles. The normalized spacial score (nSPS) is 11.1. The molecule has 0 fully saturated rings. The molecule has 0 saturated carbocycles. The first-order chi connectivity index (χ1) is 12.9. The van der Waals surface area contributed by atoms with Gasteiger partial charge in [-0.05, 0) is 75.6 Å². The lowest BCUT2D eigenvalue weighted by Crippen LogP contribution is -2.10. The number of aromatic nitrogens is 1. The molecule has 0 spiro atoms. The van der Waals surface area contributed by atoms with Crippen LogP contribution in [0.3, 0.4) is 0 Å². The quantitative estimate of drug-likeness (QED) is 0.599. The Kier molecular flexibility index (Phi) is 5.31. The molecule has 0 aliphatic rings. The molecule has 0 unspecified atom stereocenters. The summed E-state index contributed by atoms with van der Waals surface area (Å²) in [6.45, 7) is 10.3. The number of carbonyl (C=O) groups is 1. The maximum Gasteiger partial charge on any atom is 0.248 e. The van der Waals surface area contributed by atoms with Gasteiger partial charge in [-0.2, -0.15) is 0 Å². The van der Waals surface area contributed by atoms with E-state index in [0.29, 0.717) is 0 Å². The zero-order valence-electron chi connectivity index (χ0n) is 16.6. The molecule has 3 heteroatoms. The van der Waals surface area contributed by atoms with Crippen LogP contribution in [-0.4, -0.2) is 10.5 Å². The molecule has 2 aromatic carbocycles. The predicted octanol–water partition coefficient (Wildman–Crippen LogP) is 5.67. The highest BCUT2D eigenvalue weighted by atomic mass is 16.1. The van der Waals surface area contributed by atoms with Crippen molar-refractivity contribution in [1.82, 2.24) is 4.57 Å². The number of anilines is 1. The molecule has 3 rings (SSSR count). The Balaban J connectivity index is 1.82. The van der Waals surface area contributed by atoms with Gasteiger partial charge in [0.25, 0.3) is 0 Å². The second-order valence-corrected chi connectivity index (χ2v) is 7.09. The third-order valence-electron chi connectivity index (χ3n) is 4.82. The van der Waals surface area contributed by atoms with Crippen LogP contribution in [0.5, 0.6) is 0 Å². The highest BCUT2D eigenvalue weighted by Crippen LogP contribution is 2.23. The summed E-state index contributed by atoms with van der Waals surface area (Å²) in [4.78, 5) is 12.4. The van der Waals surface area contributed by atoms with Crippen LogP contribution in [0.15, 0.2) is 54.6 Å². The van der Waals surface area contributed by atoms with E-state index in [1.807, 2.05) is 38.1 Å². The number of para-hydroxylation sites is 1. The Morgan fingerprint density at radius 3 is 2.19 bits per heavy atom. The highest BCUT2D eigenvalue weighted by molar-refractivity contribution is 6.03. The van der Waals surface area contributed by atoms with Gasteiger partial charge in [0, 0.05) is 28.8 Å². The minimum atomic E-state index is -0.116. The summed E-state index contributed by atoms with van der Waals surface area (Å²) in [7, 11) is 0. The Morgan fingerprint density at radius 1 is 0.926 bits per heavy atom. The molecule has 1 aromatic heterocycles. The van der Waals surface area contributed by atoms with Crippen LogP contribution in [0.4, 0.5) is 5.69 Å². The van der Waals surface area contributed by atoms with Gasteiger partial charge in [-0.15, -0.1) is 0 Å². The molecular weight excluding hydrogens is 332 g/mol. The van der Waals surface area contributed by atoms with Crippen LogP contribution >= 0.6 is 0 Å². The van der Waals surface area contributed by atoms with Crippen LogP contribution in [0, 0.1) is 34.6 Å². The van der Waals surface area contributed by atoms with Gasteiger partial charge in [0.2, 0.25) is 5.91 Å². The lowest BCUT2D eigenvalue weighted by Gasteiger charge is -2.11. The molecule has 1 amide bonds. The van der Waals surface area contributed by atoms with E-state index in [1.165, 1.54) is 5.56 Å². The van der Waals surface area contributed by atoms with E-state index < -0.39 is 0 Å². The number of rotatable bonds is 4. The van der Waals surface area contributed by atoms with Crippen molar-refractivity contribution in [2.45, 2.75) is 34.6 Å². The minimum absolute atomic E-state index is 0.116. The smallest absolute Gasteiger partial charge is 0.248 e. The molecule has 138 valence electrons. The molecule has 0 atom stereocenters. The molecule has 0 bridgehead atoms. The van der Waals surface area contributed by atoms with Gasteiger partial charge >= 0.3 is 0 Å². The van der Waals surface area contributed by atoms with Gasteiger partial charge in [0.05, 0.1) is 0 Å². The van der Waals surface area contributed by atoms with Gasteiger partial charge < -0.3 is 9.88 Å². The van der Waals surface area contributed by atoms with Crippen molar-refractivity contribution < 1.29 is 4.79 Å². The first-order valence-electron chi connectivity index (χ1n) is 9.18. The molecule has 0 radical (unpaired) electrons. The average Bonchev–Trinajstić information content (AvgIpc) is 2.90. The minimum Gasteiger partial charge on any atom is -0.322 e. The van der Waals surface area contributed by atoms with Crippen LogP contribution in [0.1, 0.15) is 33.6 Å². The number of nitrogens with zero attached hydrogens (tertiary/aromatic N) is 1. The number of hydrogen-bond acceptors (Lipinski definition) is 1. The van der Waals surface area contributed by atoms with Gasteiger partial charge in [-0.25, -0.2) is 0 Å². The zero-order valence-corrected chi connectivity index (χ0v) is 16.6. The third-order valence-corrected chi connectivity index (χ3v) is 4.82. The SMILES string of the molecule is Cc1cc(C)c(NC(=O)/C=C/c2cc(C)n(-c3ccccc3)c2C)c(C)c1. The van der Waals surface area contributed by atoms with E-state index in [0.717, 1.165) is 39.5 Å². The van der Waals surface area contributed by atoms with Gasteiger partial charge in [0.15, 0.2) is 0 Å². The molecule has 0 saturated heterocycles. The summed E-state index contributed by atoms with van der Waals surface area (Å²) < 4.78 is 2.20. The van der Waals surface area contributed by atoms with Gasteiger partial charge in [0.1, 0.15) is 0 Å². The Labute approximate surface area is 161 Å². The monoisotopic (exact) mass is 358 g/mol. The van der Waals surface area contributed by atoms with Crippen molar-refractivity contribution >= 4 is 17.7 Å². The fourth-order valence-electron chi connectivity index (χ4n) is 3.64. The highest BCUT2D eigenvalue weighted by Gasteiger charge is 2.10. The molecule has 0 aliphatic heterocycles. The lowest BCUT2D eigenvalue weighted by atomic mass is 10.1. The molecule has 3 nitrogen and oxygen atoms in total. The summed E-state index contributed by atoms with van der Waals surface area (Å²) in [6, 6.07) is 16.5. The van der Waals surface area contributed by atoms with Crippen LogP contribution in [0.25, 0.3) is 11.8 Å². The van der Waals surface area contributed by atoms with E-state index in [1.54, 1.807) is 6.08 Å². The second kappa shape index (κ2) is 7.67. The Hall–Kier alpha value is -3.07. The summed E-state index contributed by atoms with van der Waals surface area (Å²) >= 11 is 0. The maximum absolute atomic E-state index is 12.4. The average molecular weight is 358 g/mol. The summed E-state index contributed by atoms with van der Waals surface area (Å²) in [5.41, 5.74) is 8.69. The van der Waals surface area contributed by atoms with E-state index in [2.05, 4.69) is 61.0 Å².